The Labute approximate surface area is 219 Å². The van der Waals surface area contributed by atoms with Crippen LogP contribution in [0, 0.1) is 0 Å². The maximum absolute atomic E-state index is 12.8. The van der Waals surface area contributed by atoms with Gasteiger partial charge < -0.3 is 30.2 Å². The summed E-state index contributed by atoms with van der Waals surface area (Å²) in [6, 6.07) is 12.1. The molecule has 37 heavy (non-hydrogen) atoms. The quantitative estimate of drug-likeness (QED) is 0.431. The smallest absolute Gasteiger partial charge is 0.410 e. The third-order valence-electron chi connectivity index (χ3n) is 5.85. The minimum absolute atomic E-state index is 0.0118. The van der Waals surface area contributed by atoms with Crippen LogP contribution in [0.5, 0.6) is 0 Å². The van der Waals surface area contributed by atoms with E-state index in [1.165, 1.54) is 0 Å². The molecule has 1 atom stereocenters. The Balaban J connectivity index is 1.56. The van der Waals surface area contributed by atoms with Crippen molar-refractivity contribution in [2.24, 2.45) is 5.73 Å². The Hall–Kier alpha value is -3.25. The van der Waals surface area contributed by atoms with Gasteiger partial charge in [-0.1, -0.05) is 35.9 Å². The number of fused-ring (bicyclic) bond motifs is 1. The van der Waals surface area contributed by atoms with E-state index in [4.69, 9.17) is 31.5 Å². The highest BCUT2D eigenvalue weighted by Crippen LogP contribution is 2.20. The molecule has 0 bridgehead atoms. The SMILES string of the molecule is CC(C)(N)C(=O)N[C@H](COCc1ccccc1Cl)c1nnc2cccc(COC(=O)N3CCOCC3)n12. The van der Waals surface area contributed by atoms with Crippen LogP contribution < -0.4 is 11.1 Å². The van der Waals surface area contributed by atoms with Gasteiger partial charge in [-0.3, -0.25) is 9.20 Å². The summed E-state index contributed by atoms with van der Waals surface area (Å²) in [6.45, 7) is 5.45. The molecule has 2 aromatic heterocycles. The summed E-state index contributed by atoms with van der Waals surface area (Å²) < 4.78 is 18.6. The molecule has 3 heterocycles. The van der Waals surface area contributed by atoms with E-state index in [-0.39, 0.29) is 25.7 Å². The second-order valence-electron chi connectivity index (χ2n) is 9.28. The van der Waals surface area contributed by atoms with Crippen molar-refractivity contribution in [2.45, 2.75) is 38.6 Å². The zero-order valence-electron chi connectivity index (χ0n) is 20.9. The zero-order valence-corrected chi connectivity index (χ0v) is 21.6. The third-order valence-corrected chi connectivity index (χ3v) is 6.22. The predicted octanol–water partition coefficient (Wildman–Crippen LogP) is 2.46. The highest BCUT2D eigenvalue weighted by Gasteiger charge is 2.29. The first-order valence-electron chi connectivity index (χ1n) is 12.0. The molecule has 11 nitrogen and oxygen atoms in total. The fraction of sp³-hybridized carbons (Fsp3) is 0.440. The van der Waals surface area contributed by atoms with Crippen molar-refractivity contribution >= 4 is 29.2 Å². The van der Waals surface area contributed by atoms with Crippen molar-refractivity contribution in [3.05, 3.63) is 64.6 Å². The molecule has 1 aliphatic heterocycles. The van der Waals surface area contributed by atoms with E-state index >= 15 is 0 Å². The standard InChI is InChI=1S/C25H31ClN6O5/c1-25(2,27)23(33)28-20(16-36-14-17-6-3-4-8-19(17)26)22-30-29-21-9-5-7-18(32(21)22)15-37-24(34)31-10-12-35-13-11-31/h3-9,20H,10-16,27H2,1-2H3,(H,28,33)/t20-/m1/s1. The van der Waals surface area contributed by atoms with Gasteiger partial charge in [0.2, 0.25) is 5.91 Å². The minimum atomic E-state index is -1.13. The van der Waals surface area contributed by atoms with Gasteiger partial charge in [-0.25, -0.2) is 4.79 Å². The van der Waals surface area contributed by atoms with Crippen LogP contribution in [0.2, 0.25) is 5.02 Å². The first-order valence-corrected chi connectivity index (χ1v) is 12.3. The minimum Gasteiger partial charge on any atom is -0.443 e. The Morgan fingerprint density at radius 3 is 2.62 bits per heavy atom. The lowest BCUT2D eigenvalue weighted by atomic mass is 10.1. The summed E-state index contributed by atoms with van der Waals surface area (Å²) >= 11 is 6.25. The predicted molar refractivity (Wildman–Crippen MR) is 136 cm³/mol. The molecular formula is C25H31ClN6O5. The van der Waals surface area contributed by atoms with Crippen LogP contribution in [-0.2, 0) is 32.2 Å². The van der Waals surface area contributed by atoms with Gasteiger partial charge in [-0.05, 0) is 37.6 Å². The van der Waals surface area contributed by atoms with Crippen LogP contribution in [0.25, 0.3) is 5.65 Å². The maximum atomic E-state index is 12.8. The average molecular weight is 531 g/mol. The van der Waals surface area contributed by atoms with E-state index in [0.717, 1.165) is 5.56 Å². The molecule has 3 aromatic rings. The molecule has 1 aliphatic rings. The number of hydrogen-bond acceptors (Lipinski definition) is 8. The van der Waals surface area contributed by atoms with Crippen LogP contribution >= 0.6 is 11.6 Å². The number of carbonyl (C=O) groups is 2. The number of pyridine rings is 1. The first-order chi connectivity index (χ1) is 17.7. The Morgan fingerprint density at radius 2 is 1.89 bits per heavy atom. The van der Waals surface area contributed by atoms with Crippen molar-refractivity contribution in [3.63, 3.8) is 0 Å². The summed E-state index contributed by atoms with van der Waals surface area (Å²) in [5, 5.41) is 12.1. The third kappa shape index (κ3) is 6.75. The lowest BCUT2D eigenvalue weighted by molar-refractivity contribution is -0.126. The van der Waals surface area contributed by atoms with E-state index in [1.54, 1.807) is 41.3 Å². The van der Waals surface area contributed by atoms with Crippen LogP contribution in [-0.4, -0.2) is 69.9 Å². The molecule has 0 unspecified atom stereocenters. The number of ether oxygens (including phenoxy) is 3. The normalized spacial score (nSPS) is 15.0. The lowest BCUT2D eigenvalue weighted by Crippen LogP contribution is -2.51. The van der Waals surface area contributed by atoms with Crippen molar-refractivity contribution in [1.82, 2.24) is 24.8 Å². The Kier molecular flexibility index (Phi) is 8.59. The van der Waals surface area contributed by atoms with Gasteiger partial charge in [0.1, 0.15) is 12.6 Å². The van der Waals surface area contributed by atoms with Crippen molar-refractivity contribution in [3.8, 4) is 0 Å². The summed E-state index contributed by atoms with van der Waals surface area (Å²) in [4.78, 5) is 26.9. The van der Waals surface area contributed by atoms with E-state index in [1.807, 2.05) is 24.3 Å². The number of halogens is 1. The van der Waals surface area contributed by atoms with Crippen LogP contribution in [0.3, 0.4) is 0 Å². The molecule has 1 saturated heterocycles. The Morgan fingerprint density at radius 1 is 1.14 bits per heavy atom. The fourth-order valence-electron chi connectivity index (χ4n) is 3.77. The number of nitrogens with one attached hydrogen (secondary N) is 1. The monoisotopic (exact) mass is 530 g/mol. The number of amides is 2. The van der Waals surface area contributed by atoms with Gasteiger partial charge in [0.25, 0.3) is 0 Å². The number of nitrogens with two attached hydrogens (primary N) is 1. The molecule has 1 fully saturated rings. The van der Waals surface area contributed by atoms with E-state index in [0.29, 0.717) is 48.5 Å². The Bertz CT molecular complexity index is 1240. The summed E-state index contributed by atoms with van der Waals surface area (Å²) in [6.07, 6.45) is -0.423. The van der Waals surface area contributed by atoms with Gasteiger partial charge in [0, 0.05) is 18.1 Å². The molecule has 0 saturated carbocycles. The van der Waals surface area contributed by atoms with Gasteiger partial charge in [0.15, 0.2) is 11.5 Å². The molecular weight excluding hydrogens is 500 g/mol. The summed E-state index contributed by atoms with van der Waals surface area (Å²) in [7, 11) is 0. The van der Waals surface area contributed by atoms with Gasteiger partial charge in [0.05, 0.1) is 37.7 Å². The van der Waals surface area contributed by atoms with Crippen LogP contribution in [0.1, 0.15) is 37.0 Å². The lowest BCUT2D eigenvalue weighted by Gasteiger charge is -2.26. The van der Waals surface area contributed by atoms with E-state index in [2.05, 4.69) is 15.5 Å². The van der Waals surface area contributed by atoms with Crippen molar-refractivity contribution in [1.29, 1.82) is 0 Å². The maximum Gasteiger partial charge on any atom is 0.410 e. The number of morpholine rings is 1. The molecule has 0 aliphatic carbocycles. The van der Waals surface area contributed by atoms with Crippen molar-refractivity contribution < 1.29 is 23.8 Å². The largest absolute Gasteiger partial charge is 0.443 e. The first kappa shape index (κ1) is 26.8. The van der Waals surface area contributed by atoms with E-state index in [9.17, 15) is 9.59 Å². The number of hydrogen-bond donors (Lipinski definition) is 2. The molecule has 4 rings (SSSR count). The number of carbonyl (C=O) groups excluding carboxylic acids is 2. The molecule has 198 valence electrons. The fourth-order valence-corrected chi connectivity index (χ4v) is 3.96. The van der Waals surface area contributed by atoms with Gasteiger partial charge in [-0.2, -0.15) is 0 Å². The summed E-state index contributed by atoms with van der Waals surface area (Å²) in [5.41, 5.74) is 6.89. The number of rotatable bonds is 9. The van der Waals surface area contributed by atoms with Gasteiger partial charge >= 0.3 is 6.09 Å². The zero-order chi connectivity index (χ0) is 26.4. The highest BCUT2D eigenvalue weighted by molar-refractivity contribution is 6.31. The van der Waals surface area contributed by atoms with Crippen LogP contribution in [0.15, 0.2) is 42.5 Å². The second-order valence-corrected chi connectivity index (χ2v) is 9.68. The van der Waals surface area contributed by atoms with E-state index < -0.39 is 17.7 Å². The van der Waals surface area contributed by atoms with Gasteiger partial charge in [-0.15, -0.1) is 10.2 Å². The molecule has 3 N–H and O–H groups in total. The molecule has 0 spiro atoms. The highest BCUT2D eigenvalue weighted by atomic mass is 35.5. The molecule has 2 amide bonds. The summed E-state index contributed by atoms with van der Waals surface area (Å²) in [5.74, 6) is 0.0385. The molecule has 12 heteroatoms. The number of aromatic nitrogens is 3. The average Bonchev–Trinajstić information content (AvgIpc) is 3.32. The number of benzene rings is 1. The topological polar surface area (TPSA) is 133 Å². The molecule has 1 aromatic carbocycles. The molecule has 0 radical (unpaired) electrons. The number of nitrogens with zero attached hydrogens (tertiary/aromatic N) is 4. The van der Waals surface area contributed by atoms with Crippen molar-refractivity contribution in [2.75, 3.05) is 32.9 Å². The van der Waals surface area contributed by atoms with Crippen LogP contribution in [0.4, 0.5) is 4.79 Å². The second kappa shape index (κ2) is 11.9.